The van der Waals surface area contributed by atoms with Crippen LogP contribution in [0.5, 0.6) is 5.88 Å². The van der Waals surface area contributed by atoms with Crippen molar-refractivity contribution in [2.75, 3.05) is 7.11 Å². The maximum absolute atomic E-state index is 14.2. The third-order valence-corrected chi connectivity index (χ3v) is 6.45. The van der Waals surface area contributed by atoms with Gasteiger partial charge in [-0.2, -0.15) is 5.10 Å². The molecule has 1 saturated carbocycles. The van der Waals surface area contributed by atoms with Gasteiger partial charge in [-0.1, -0.05) is 6.07 Å². The number of ether oxygens (including phenoxy) is 1. The smallest absolute Gasteiger partial charge is 0.248 e. The number of pyridine rings is 1. The minimum atomic E-state index is -2.65. The largest absolute Gasteiger partial charge is 0.481 e. The number of hydrogen-bond acceptors (Lipinski definition) is 5. The lowest BCUT2D eigenvalue weighted by atomic mass is 9.92. The lowest BCUT2D eigenvalue weighted by Crippen LogP contribution is -2.27. The van der Waals surface area contributed by atoms with Gasteiger partial charge in [-0.25, -0.2) is 27.8 Å². The highest BCUT2D eigenvalue weighted by Gasteiger charge is 2.37. The van der Waals surface area contributed by atoms with Gasteiger partial charge in [0.1, 0.15) is 5.82 Å². The van der Waals surface area contributed by atoms with Crippen molar-refractivity contribution < 1.29 is 22.7 Å². The topological polar surface area (TPSA) is 69.4 Å². The standard InChI is InChI=1S/C25H23F3N4O2/c1-34-23-5-2-15(13-29-23)20-4-3-17(26)10-16(20)11-18-12-22(33)21-14-30-32(24(21)31-18)19-6-8-25(27,28)9-7-19/h2-5,10,13-14,19H,6-9,11-12H2,1H3. The average molecular weight is 468 g/mol. The van der Waals surface area contributed by atoms with Crippen LogP contribution in [-0.4, -0.2) is 39.3 Å². The van der Waals surface area contributed by atoms with E-state index in [9.17, 15) is 18.0 Å². The van der Waals surface area contributed by atoms with Crippen molar-refractivity contribution in [3.63, 3.8) is 0 Å². The van der Waals surface area contributed by atoms with Gasteiger partial charge in [-0.05, 0) is 42.2 Å². The summed E-state index contributed by atoms with van der Waals surface area (Å²) in [4.78, 5) is 21.8. The van der Waals surface area contributed by atoms with Gasteiger partial charge in [-0.15, -0.1) is 0 Å². The Morgan fingerprint density at radius 3 is 2.62 bits per heavy atom. The molecule has 34 heavy (non-hydrogen) atoms. The summed E-state index contributed by atoms with van der Waals surface area (Å²) in [7, 11) is 1.53. The number of alkyl halides is 2. The van der Waals surface area contributed by atoms with E-state index in [0.29, 0.717) is 28.5 Å². The van der Waals surface area contributed by atoms with Crippen LogP contribution in [0, 0.1) is 5.82 Å². The maximum Gasteiger partial charge on any atom is 0.248 e. The van der Waals surface area contributed by atoms with Crippen LogP contribution in [0.15, 0.2) is 47.7 Å². The molecule has 0 N–H and O–H groups in total. The molecule has 0 atom stereocenters. The number of carbonyl (C=O) groups is 1. The number of hydrogen-bond donors (Lipinski definition) is 0. The van der Waals surface area contributed by atoms with Gasteiger partial charge in [0.25, 0.3) is 0 Å². The van der Waals surface area contributed by atoms with Crippen molar-refractivity contribution >= 4 is 17.3 Å². The Labute approximate surface area is 194 Å². The molecule has 5 rings (SSSR count). The highest BCUT2D eigenvalue weighted by atomic mass is 19.3. The highest BCUT2D eigenvalue weighted by molar-refractivity contribution is 6.15. The molecule has 1 fully saturated rings. The molecule has 2 aliphatic rings. The zero-order chi connectivity index (χ0) is 23.9. The van der Waals surface area contributed by atoms with E-state index in [2.05, 4.69) is 10.1 Å². The molecule has 0 amide bonds. The van der Waals surface area contributed by atoms with Crippen molar-refractivity contribution in [2.24, 2.45) is 4.99 Å². The fourth-order valence-corrected chi connectivity index (χ4v) is 4.64. The summed E-state index contributed by atoms with van der Waals surface area (Å²) in [5, 5.41) is 4.32. The van der Waals surface area contributed by atoms with E-state index in [1.807, 2.05) is 6.07 Å². The van der Waals surface area contributed by atoms with Crippen LogP contribution in [0.4, 0.5) is 19.0 Å². The molecular weight excluding hydrogens is 445 g/mol. The van der Waals surface area contributed by atoms with E-state index >= 15 is 0 Å². The van der Waals surface area contributed by atoms with Gasteiger partial charge in [0.2, 0.25) is 11.8 Å². The Hall–Kier alpha value is -3.49. The fourth-order valence-electron chi connectivity index (χ4n) is 4.64. The molecule has 9 heteroatoms. The van der Waals surface area contributed by atoms with Crippen LogP contribution < -0.4 is 4.74 Å². The lowest BCUT2D eigenvalue weighted by molar-refractivity contribution is -0.0448. The quantitative estimate of drug-likeness (QED) is 0.479. The number of carbonyl (C=O) groups excluding carboxylic acids is 1. The second kappa shape index (κ2) is 8.70. The third-order valence-electron chi connectivity index (χ3n) is 6.45. The number of halogens is 3. The summed E-state index contributed by atoms with van der Waals surface area (Å²) in [5.41, 5.74) is 3.21. The van der Waals surface area contributed by atoms with Crippen LogP contribution in [0.1, 0.15) is 54.1 Å². The first kappa shape index (κ1) is 22.3. The molecule has 6 nitrogen and oxygen atoms in total. The third kappa shape index (κ3) is 4.34. The Bertz CT molecular complexity index is 1260. The number of rotatable bonds is 5. The Morgan fingerprint density at radius 2 is 1.91 bits per heavy atom. The molecule has 0 radical (unpaired) electrons. The number of methoxy groups -OCH3 is 1. The predicted molar refractivity (Wildman–Crippen MR) is 121 cm³/mol. The Kier molecular flexibility index (Phi) is 5.71. The number of aliphatic imine (C=N–C) groups is 1. The minimum absolute atomic E-state index is 0.0955. The number of fused-ring (bicyclic) bond motifs is 1. The second-order valence-corrected chi connectivity index (χ2v) is 8.76. The van der Waals surface area contributed by atoms with Crippen molar-refractivity contribution in [1.82, 2.24) is 14.8 Å². The normalized spacial score (nSPS) is 17.9. The zero-order valence-corrected chi connectivity index (χ0v) is 18.6. The van der Waals surface area contributed by atoms with E-state index in [-0.39, 0.29) is 50.4 Å². The molecule has 0 bridgehead atoms. The van der Waals surface area contributed by atoms with Gasteiger partial charge in [-0.3, -0.25) is 4.79 Å². The molecule has 1 aromatic carbocycles. The van der Waals surface area contributed by atoms with Gasteiger partial charge in [0, 0.05) is 42.8 Å². The minimum Gasteiger partial charge on any atom is -0.481 e. The molecular formula is C25H23F3N4O2. The first-order valence-electron chi connectivity index (χ1n) is 11.2. The molecule has 3 heterocycles. The van der Waals surface area contributed by atoms with E-state index in [4.69, 9.17) is 9.73 Å². The molecule has 0 spiro atoms. The summed E-state index contributed by atoms with van der Waals surface area (Å²) < 4.78 is 48.1. The number of aromatic nitrogens is 3. The van der Waals surface area contributed by atoms with Crippen LogP contribution in [-0.2, 0) is 6.42 Å². The van der Waals surface area contributed by atoms with E-state index in [1.165, 1.54) is 25.4 Å². The molecule has 0 unspecified atom stereocenters. The van der Waals surface area contributed by atoms with Crippen molar-refractivity contribution in [2.45, 2.75) is 50.5 Å². The predicted octanol–water partition coefficient (Wildman–Crippen LogP) is 5.74. The van der Waals surface area contributed by atoms with Crippen LogP contribution >= 0.6 is 0 Å². The van der Waals surface area contributed by atoms with Crippen LogP contribution in [0.25, 0.3) is 11.1 Å². The van der Waals surface area contributed by atoms with Crippen LogP contribution in [0.2, 0.25) is 0 Å². The van der Waals surface area contributed by atoms with Crippen molar-refractivity contribution in [3.05, 3.63) is 59.7 Å². The molecule has 2 aromatic heterocycles. The van der Waals surface area contributed by atoms with E-state index < -0.39 is 11.7 Å². The Balaban J connectivity index is 1.46. The zero-order valence-electron chi connectivity index (χ0n) is 18.6. The number of nitrogens with zero attached hydrogens (tertiary/aromatic N) is 4. The first-order valence-corrected chi connectivity index (χ1v) is 11.2. The average Bonchev–Trinajstić information content (AvgIpc) is 3.24. The fraction of sp³-hybridized carbons (Fsp3) is 0.360. The van der Waals surface area contributed by atoms with Crippen molar-refractivity contribution in [1.29, 1.82) is 0 Å². The van der Waals surface area contributed by atoms with Gasteiger partial charge >= 0.3 is 0 Å². The molecule has 1 aliphatic carbocycles. The van der Waals surface area contributed by atoms with Gasteiger partial charge in [0.05, 0.1) is 31.3 Å². The number of ketones is 1. The molecule has 1 aliphatic heterocycles. The molecule has 0 saturated heterocycles. The van der Waals surface area contributed by atoms with Crippen molar-refractivity contribution in [3.8, 4) is 17.0 Å². The summed E-state index contributed by atoms with van der Waals surface area (Å²) in [6, 6.07) is 7.82. The lowest BCUT2D eigenvalue weighted by Gasteiger charge is -2.29. The molecule has 3 aromatic rings. The summed E-state index contributed by atoms with van der Waals surface area (Å²) in [5.74, 6) is -2.30. The summed E-state index contributed by atoms with van der Waals surface area (Å²) in [6.07, 6.45) is 3.61. The van der Waals surface area contributed by atoms with E-state index in [0.717, 1.165) is 11.1 Å². The first-order chi connectivity index (χ1) is 16.3. The monoisotopic (exact) mass is 468 g/mol. The highest BCUT2D eigenvalue weighted by Crippen LogP contribution is 2.41. The second-order valence-electron chi connectivity index (χ2n) is 8.76. The van der Waals surface area contributed by atoms with Gasteiger partial charge in [0.15, 0.2) is 11.6 Å². The molecule has 176 valence electrons. The summed E-state index contributed by atoms with van der Waals surface area (Å²) >= 11 is 0. The number of benzene rings is 1. The SMILES string of the molecule is COc1ccc(-c2ccc(F)cc2CC2=Nc3c(cnn3C3CCC(F)(F)CC3)C(=O)C2)cn1. The van der Waals surface area contributed by atoms with E-state index in [1.54, 1.807) is 23.0 Å². The number of Topliss-reactive ketones (excluding diaryl/α,β-unsaturated/α-hetero) is 1. The van der Waals surface area contributed by atoms with Crippen LogP contribution in [0.3, 0.4) is 0 Å². The van der Waals surface area contributed by atoms with Gasteiger partial charge < -0.3 is 4.74 Å². The maximum atomic E-state index is 14.2. The summed E-state index contributed by atoms with van der Waals surface area (Å²) in [6.45, 7) is 0. The Morgan fingerprint density at radius 1 is 1.12 bits per heavy atom.